The van der Waals surface area contributed by atoms with Gasteiger partial charge in [0.1, 0.15) is 5.75 Å². The molecular weight excluding hydrogens is 361 g/mol. The second kappa shape index (κ2) is 5.37. The predicted molar refractivity (Wildman–Crippen MR) is 90.3 cm³/mol. The number of halogens is 1. The minimum atomic E-state index is -0.121. The standard InChI is InChI=1S/C17H18INO/c1-17(13-3-5-14(18)6-4-13)16-8-7-15(20-2)11-12(16)9-10-19-17/h3-8,11,19H,9-10H2,1-2H3. The topological polar surface area (TPSA) is 21.3 Å². The lowest BCUT2D eigenvalue weighted by Crippen LogP contribution is -2.45. The molecule has 2 nitrogen and oxygen atoms in total. The van der Waals surface area contributed by atoms with Gasteiger partial charge in [0.15, 0.2) is 0 Å². The molecule has 1 aliphatic heterocycles. The molecule has 2 aromatic rings. The van der Waals surface area contributed by atoms with Gasteiger partial charge in [-0.25, -0.2) is 0 Å². The first-order chi connectivity index (χ1) is 9.63. The molecule has 0 radical (unpaired) electrons. The lowest BCUT2D eigenvalue weighted by molar-refractivity contribution is 0.400. The molecule has 1 atom stereocenters. The first-order valence-corrected chi connectivity index (χ1v) is 7.90. The van der Waals surface area contributed by atoms with Gasteiger partial charge >= 0.3 is 0 Å². The minimum absolute atomic E-state index is 0.121. The second-order valence-electron chi connectivity index (χ2n) is 5.33. The van der Waals surface area contributed by atoms with Crippen molar-refractivity contribution >= 4 is 22.6 Å². The number of hydrogen-bond acceptors (Lipinski definition) is 2. The van der Waals surface area contributed by atoms with Gasteiger partial charge < -0.3 is 10.1 Å². The molecule has 104 valence electrons. The van der Waals surface area contributed by atoms with Gasteiger partial charge in [-0.05, 0) is 76.9 Å². The maximum atomic E-state index is 5.35. The third-order valence-corrected chi connectivity index (χ3v) is 4.86. The van der Waals surface area contributed by atoms with Crippen LogP contribution in [0.4, 0.5) is 0 Å². The zero-order chi connectivity index (χ0) is 14.2. The van der Waals surface area contributed by atoms with Crippen molar-refractivity contribution in [2.45, 2.75) is 18.9 Å². The molecule has 0 fully saturated rings. The van der Waals surface area contributed by atoms with Crippen molar-refractivity contribution in [1.82, 2.24) is 5.32 Å². The molecule has 0 saturated carbocycles. The Morgan fingerprint density at radius 1 is 1.15 bits per heavy atom. The summed E-state index contributed by atoms with van der Waals surface area (Å²) in [5.41, 5.74) is 3.92. The quantitative estimate of drug-likeness (QED) is 0.804. The highest BCUT2D eigenvalue weighted by Crippen LogP contribution is 2.36. The van der Waals surface area contributed by atoms with Gasteiger partial charge in [-0.1, -0.05) is 18.2 Å². The summed E-state index contributed by atoms with van der Waals surface area (Å²) in [7, 11) is 1.72. The van der Waals surface area contributed by atoms with E-state index in [9.17, 15) is 0 Å². The Bertz CT molecular complexity index is 623. The first kappa shape index (κ1) is 13.9. The Kier molecular flexibility index (Phi) is 3.73. The first-order valence-electron chi connectivity index (χ1n) is 6.82. The molecule has 1 unspecified atom stereocenters. The molecule has 0 aliphatic carbocycles. The molecule has 1 aliphatic rings. The Morgan fingerprint density at radius 3 is 2.60 bits per heavy atom. The Morgan fingerprint density at radius 2 is 1.90 bits per heavy atom. The third kappa shape index (κ3) is 2.33. The highest BCUT2D eigenvalue weighted by Gasteiger charge is 2.33. The van der Waals surface area contributed by atoms with Gasteiger partial charge in [-0.15, -0.1) is 0 Å². The van der Waals surface area contributed by atoms with E-state index in [0.29, 0.717) is 0 Å². The molecule has 0 saturated heterocycles. The second-order valence-corrected chi connectivity index (χ2v) is 6.58. The lowest BCUT2D eigenvalue weighted by atomic mass is 9.79. The van der Waals surface area contributed by atoms with Gasteiger partial charge in [0.25, 0.3) is 0 Å². The highest BCUT2D eigenvalue weighted by molar-refractivity contribution is 14.1. The average Bonchev–Trinajstić information content (AvgIpc) is 2.47. The number of methoxy groups -OCH3 is 1. The van der Waals surface area contributed by atoms with Crippen molar-refractivity contribution in [3.05, 3.63) is 62.7 Å². The maximum absolute atomic E-state index is 5.35. The van der Waals surface area contributed by atoms with E-state index in [-0.39, 0.29) is 5.54 Å². The maximum Gasteiger partial charge on any atom is 0.119 e. The van der Waals surface area contributed by atoms with Gasteiger partial charge in [-0.3, -0.25) is 0 Å². The molecule has 1 heterocycles. The van der Waals surface area contributed by atoms with Crippen LogP contribution in [0.25, 0.3) is 0 Å². The van der Waals surface area contributed by atoms with Crippen LogP contribution in [0, 0.1) is 3.57 Å². The molecular formula is C17H18INO. The largest absolute Gasteiger partial charge is 0.497 e. The summed E-state index contributed by atoms with van der Waals surface area (Å²) in [5.74, 6) is 0.940. The summed E-state index contributed by atoms with van der Waals surface area (Å²) < 4.78 is 6.61. The zero-order valence-electron chi connectivity index (χ0n) is 11.7. The number of ether oxygens (including phenoxy) is 1. The van der Waals surface area contributed by atoms with Crippen LogP contribution in [0.3, 0.4) is 0 Å². The number of nitrogens with one attached hydrogen (secondary N) is 1. The number of fused-ring (bicyclic) bond motifs is 1. The zero-order valence-corrected chi connectivity index (χ0v) is 13.9. The summed E-state index contributed by atoms with van der Waals surface area (Å²) >= 11 is 2.34. The van der Waals surface area contributed by atoms with Gasteiger partial charge in [-0.2, -0.15) is 0 Å². The van der Waals surface area contributed by atoms with Gasteiger partial charge in [0, 0.05) is 10.1 Å². The molecule has 0 amide bonds. The summed E-state index contributed by atoms with van der Waals surface area (Å²) in [4.78, 5) is 0. The van der Waals surface area contributed by atoms with Crippen LogP contribution in [-0.2, 0) is 12.0 Å². The van der Waals surface area contributed by atoms with Crippen molar-refractivity contribution < 1.29 is 4.74 Å². The van der Waals surface area contributed by atoms with Crippen molar-refractivity contribution in [3.63, 3.8) is 0 Å². The molecule has 0 aromatic heterocycles. The third-order valence-electron chi connectivity index (χ3n) is 4.15. The van der Waals surface area contributed by atoms with Crippen LogP contribution in [-0.4, -0.2) is 13.7 Å². The van der Waals surface area contributed by atoms with Crippen molar-refractivity contribution in [2.24, 2.45) is 0 Å². The van der Waals surface area contributed by atoms with E-state index in [1.807, 2.05) is 0 Å². The van der Waals surface area contributed by atoms with E-state index < -0.39 is 0 Å². The summed E-state index contributed by atoms with van der Waals surface area (Å²) in [6, 6.07) is 15.2. The molecule has 0 spiro atoms. The van der Waals surface area contributed by atoms with E-state index in [1.165, 1.54) is 20.3 Å². The lowest BCUT2D eigenvalue weighted by Gasteiger charge is -2.38. The Labute approximate surface area is 133 Å². The van der Waals surface area contributed by atoms with E-state index in [1.54, 1.807) is 7.11 Å². The minimum Gasteiger partial charge on any atom is -0.497 e. The van der Waals surface area contributed by atoms with Crippen LogP contribution in [0.15, 0.2) is 42.5 Å². The Balaban J connectivity index is 2.10. The van der Waals surface area contributed by atoms with Crippen LogP contribution >= 0.6 is 22.6 Å². The monoisotopic (exact) mass is 379 g/mol. The SMILES string of the molecule is COc1ccc2c(c1)CCNC2(C)c1ccc(I)cc1. The average molecular weight is 379 g/mol. The van der Waals surface area contributed by atoms with Crippen LogP contribution in [0.2, 0.25) is 0 Å². The van der Waals surface area contributed by atoms with Crippen LogP contribution in [0.1, 0.15) is 23.6 Å². The number of benzene rings is 2. The van der Waals surface area contributed by atoms with Gasteiger partial charge in [0.05, 0.1) is 12.6 Å². The summed E-state index contributed by atoms with van der Waals surface area (Å²) in [5, 5.41) is 3.68. The molecule has 2 aromatic carbocycles. The van der Waals surface area contributed by atoms with E-state index in [0.717, 1.165) is 18.7 Å². The highest BCUT2D eigenvalue weighted by atomic mass is 127. The number of hydrogen-bond donors (Lipinski definition) is 1. The summed E-state index contributed by atoms with van der Waals surface area (Å²) in [6.45, 7) is 3.25. The molecule has 0 bridgehead atoms. The van der Waals surface area contributed by atoms with E-state index in [2.05, 4.69) is 77.3 Å². The molecule has 3 rings (SSSR count). The molecule has 3 heteroatoms. The van der Waals surface area contributed by atoms with E-state index >= 15 is 0 Å². The van der Waals surface area contributed by atoms with E-state index in [4.69, 9.17) is 4.74 Å². The fourth-order valence-corrected chi connectivity index (χ4v) is 3.33. The van der Waals surface area contributed by atoms with Crippen LogP contribution < -0.4 is 10.1 Å². The Hall–Kier alpha value is -1.07. The molecule has 1 N–H and O–H groups in total. The van der Waals surface area contributed by atoms with Crippen molar-refractivity contribution in [3.8, 4) is 5.75 Å². The number of rotatable bonds is 2. The molecule has 20 heavy (non-hydrogen) atoms. The van der Waals surface area contributed by atoms with Crippen molar-refractivity contribution in [2.75, 3.05) is 13.7 Å². The fraction of sp³-hybridized carbons (Fsp3) is 0.294. The van der Waals surface area contributed by atoms with Crippen LogP contribution in [0.5, 0.6) is 5.75 Å². The normalized spacial score (nSPS) is 21.4. The smallest absolute Gasteiger partial charge is 0.119 e. The summed E-state index contributed by atoms with van der Waals surface area (Å²) in [6.07, 6.45) is 1.05. The van der Waals surface area contributed by atoms with Crippen molar-refractivity contribution in [1.29, 1.82) is 0 Å². The fourth-order valence-electron chi connectivity index (χ4n) is 2.97. The predicted octanol–water partition coefficient (Wildman–Crippen LogP) is 3.71. The van der Waals surface area contributed by atoms with Gasteiger partial charge in [0.2, 0.25) is 0 Å².